The molecule has 33 heavy (non-hydrogen) atoms. The molecule has 174 valence electrons. The number of nitrogens with one attached hydrogen (secondary N) is 1. The van der Waals surface area contributed by atoms with Gasteiger partial charge in [-0.1, -0.05) is 42.5 Å². The van der Waals surface area contributed by atoms with Crippen LogP contribution in [0.15, 0.2) is 65.6 Å². The van der Waals surface area contributed by atoms with Crippen LogP contribution in [0, 0.1) is 6.92 Å². The molecule has 3 aromatic rings. The van der Waals surface area contributed by atoms with Crippen LogP contribution >= 0.6 is 0 Å². The van der Waals surface area contributed by atoms with Gasteiger partial charge in [0.1, 0.15) is 0 Å². The molecule has 5 nitrogen and oxygen atoms in total. The molecular weight excluding hydrogens is 453 g/mol. The Morgan fingerprint density at radius 3 is 2.30 bits per heavy atom. The number of alkyl halides is 3. The third kappa shape index (κ3) is 5.61. The minimum Gasteiger partial charge on any atom is -0.385 e. The lowest BCUT2D eigenvalue weighted by molar-refractivity contribution is -0.137. The van der Waals surface area contributed by atoms with Crippen molar-refractivity contribution in [1.82, 2.24) is 0 Å². The zero-order valence-corrected chi connectivity index (χ0v) is 18.8. The molecule has 3 rings (SSSR count). The Bertz CT molecular complexity index is 1300. The lowest BCUT2D eigenvalue weighted by Crippen LogP contribution is -2.14. The lowest BCUT2D eigenvalue weighted by atomic mass is 9.94. The number of carbonyl (C=O) groups excluding carboxylic acids is 1. The van der Waals surface area contributed by atoms with E-state index in [1.165, 1.54) is 42.5 Å². The molecule has 9 heteroatoms. The number of ketones is 1. The van der Waals surface area contributed by atoms with Gasteiger partial charge in [-0.3, -0.25) is 4.79 Å². The van der Waals surface area contributed by atoms with Crippen LogP contribution in [0.5, 0.6) is 0 Å². The Balaban J connectivity index is 1.96. The zero-order valence-electron chi connectivity index (χ0n) is 18.0. The Hall–Kier alpha value is -3.17. The first-order valence-corrected chi connectivity index (χ1v) is 11.7. The van der Waals surface area contributed by atoms with Gasteiger partial charge in [0.2, 0.25) is 10.0 Å². The van der Waals surface area contributed by atoms with E-state index in [-0.39, 0.29) is 22.7 Å². The van der Waals surface area contributed by atoms with Crippen molar-refractivity contribution in [1.29, 1.82) is 0 Å². The average Bonchev–Trinajstić information content (AvgIpc) is 2.72. The number of sulfonamides is 1. The maximum Gasteiger partial charge on any atom is 0.417 e. The topological polar surface area (TPSA) is 89.3 Å². The van der Waals surface area contributed by atoms with Crippen LogP contribution in [0.4, 0.5) is 18.9 Å². The van der Waals surface area contributed by atoms with Crippen LogP contribution in [0.1, 0.15) is 34.0 Å². The molecule has 0 heterocycles. The van der Waals surface area contributed by atoms with Gasteiger partial charge in [-0.2, -0.15) is 13.2 Å². The number of anilines is 1. The molecule has 3 N–H and O–H groups in total. The SMILES string of the molecule is CCNc1cc(C(=O)Cc2ccc(S(N)(=O)=O)c(C)c2)ccc1-c1ccccc1C(F)(F)F. The Labute approximate surface area is 190 Å². The summed E-state index contributed by atoms with van der Waals surface area (Å²) in [6.45, 7) is 3.85. The molecule has 0 atom stereocenters. The monoisotopic (exact) mass is 476 g/mol. The van der Waals surface area contributed by atoms with E-state index in [0.717, 1.165) is 6.07 Å². The van der Waals surface area contributed by atoms with Crippen molar-refractivity contribution in [2.75, 3.05) is 11.9 Å². The summed E-state index contributed by atoms with van der Waals surface area (Å²) >= 11 is 0. The second kappa shape index (κ2) is 9.36. The van der Waals surface area contributed by atoms with Crippen LogP contribution < -0.4 is 10.5 Å². The maximum atomic E-state index is 13.5. The normalized spacial score (nSPS) is 11.9. The number of Topliss-reactive ketones (excluding diaryl/α,β-unsaturated/α-hetero) is 1. The van der Waals surface area contributed by atoms with Gasteiger partial charge in [0.05, 0.1) is 10.5 Å². The average molecular weight is 477 g/mol. The molecule has 0 aliphatic rings. The van der Waals surface area contributed by atoms with Crippen LogP contribution in [0.25, 0.3) is 11.1 Å². The first-order valence-electron chi connectivity index (χ1n) is 10.1. The van der Waals surface area contributed by atoms with Gasteiger partial charge in [-0.15, -0.1) is 0 Å². The van der Waals surface area contributed by atoms with Crippen molar-refractivity contribution in [3.05, 3.63) is 82.9 Å². The van der Waals surface area contributed by atoms with E-state index in [2.05, 4.69) is 5.32 Å². The standard InChI is InChI=1S/C24H23F3N2O3S/c1-3-29-21-14-17(9-10-19(21)18-6-4-5-7-20(18)24(25,26)27)22(30)13-16-8-11-23(15(2)12-16)33(28,31)32/h4-12,14,29H,3,13H2,1-2H3,(H2,28,31,32). The van der Waals surface area contributed by atoms with Crippen LogP contribution in [-0.4, -0.2) is 20.7 Å². The predicted molar refractivity (Wildman–Crippen MR) is 122 cm³/mol. The molecule has 0 amide bonds. The number of benzene rings is 3. The first-order chi connectivity index (χ1) is 15.4. The Kier molecular flexibility index (Phi) is 6.94. The van der Waals surface area contributed by atoms with Gasteiger partial charge < -0.3 is 5.32 Å². The number of nitrogens with two attached hydrogens (primary N) is 1. The quantitative estimate of drug-likeness (QED) is 0.460. The van der Waals surface area contributed by atoms with Crippen molar-refractivity contribution in [3.8, 4) is 11.1 Å². The Morgan fingerprint density at radius 1 is 1.00 bits per heavy atom. The van der Waals surface area contributed by atoms with Crippen LogP contribution in [0.2, 0.25) is 0 Å². The minimum atomic E-state index is -4.52. The smallest absolute Gasteiger partial charge is 0.385 e. The van der Waals surface area contributed by atoms with Gasteiger partial charge in [0, 0.05) is 29.8 Å². The highest BCUT2D eigenvalue weighted by atomic mass is 32.2. The number of halogens is 3. The summed E-state index contributed by atoms with van der Waals surface area (Å²) in [6.07, 6.45) is -4.52. The van der Waals surface area contributed by atoms with Crippen LogP contribution in [-0.2, 0) is 22.6 Å². The molecule has 0 fully saturated rings. The van der Waals surface area contributed by atoms with Crippen molar-refractivity contribution in [2.45, 2.75) is 31.3 Å². The fourth-order valence-electron chi connectivity index (χ4n) is 3.68. The summed E-state index contributed by atoms with van der Waals surface area (Å²) in [7, 11) is -3.86. The highest BCUT2D eigenvalue weighted by Gasteiger charge is 2.33. The summed E-state index contributed by atoms with van der Waals surface area (Å²) in [5.41, 5.74) is 1.38. The molecule has 0 aliphatic carbocycles. The highest BCUT2D eigenvalue weighted by Crippen LogP contribution is 2.39. The summed E-state index contributed by atoms with van der Waals surface area (Å²) in [6, 6.07) is 14.3. The number of hydrogen-bond acceptors (Lipinski definition) is 4. The number of aryl methyl sites for hydroxylation is 1. The summed E-state index contributed by atoms with van der Waals surface area (Å²) in [5, 5.41) is 8.22. The first kappa shape index (κ1) is 24.5. The number of primary sulfonamides is 1. The largest absolute Gasteiger partial charge is 0.417 e. The second-order valence-corrected chi connectivity index (χ2v) is 9.11. The molecule has 0 aliphatic heterocycles. The van der Waals surface area contributed by atoms with Gasteiger partial charge in [-0.05, 0) is 48.7 Å². The van der Waals surface area contributed by atoms with E-state index in [1.807, 2.05) is 6.92 Å². The molecule has 3 aromatic carbocycles. The van der Waals surface area contributed by atoms with E-state index < -0.39 is 21.8 Å². The second-order valence-electron chi connectivity index (χ2n) is 7.58. The van der Waals surface area contributed by atoms with Gasteiger partial charge in [-0.25, -0.2) is 13.6 Å². The summed E-state index contributed by atoms with van der Waals surface area (Å²) in [4.78, 5) is 12.9. The van der Waals surface area contributed by atoms with Crippen molar-refractivity contribution in [2.24, 2.45) is 5.14 Å². The highest BCUT2D eigenvalue weighted by molar-refractivity contribution is 7.89. The van der Waals surface area contributed by atoms with E-state index >= 15 is 0 Å². The van der Waals surface area contributed by atoms with Gasteiger partial charge in [0.15, 0.2) is 5.78 Å². The van der Waals surface area contributed by atoms with Gasteiger partial charge >= 0.3 is 6.18 Å². The number of carbonyl (C=O) groups is 1. The van der Waals surface area contributed by atoms with E-state index in [9.17, 15) is 26.4 Å². The number of rotatable bonds is 7. The third-order valence-corrected chi connectivity index (χ3v) is 6.21. The molecule has 0 saturated heterocycles. The predicted octanol–water partition coefficient (Wildman–Crippen LogP) is 5.19. The van der Waals surface area contributed by atoms with E-state index in [1.54, 1.807) is 19.1 Å². The molecule has 0 radical (unpaired) electrons. The summed E-state index contributed by atoms with van der Waals surface area (Å²) < 4.78 is 63.7. The van der Waals surface area contributed by atoms with Gasteiger partial charge in [0.25, 0.3) is 0 Å². The molecule has 0 aromatic heterocycles. The number of hydrogen-bond donors (Lipinski definition) is 2. The summed E-state index contributed by atoms with van der Waals surface area (Å²) in [5.74, 6) is -0.257. The third-order valence-electron chi connectivity index (χ3n) is 5.14. The molecule has 0 unspecified atom stereocenters. The van der Waals surface area contributed by atoms with Crippen molar-refractivity contribution >= 4 is 21.5 Å². The Morgan fingerprint density at radius 2 is 1.70 bits per heavy atom. The van der Waals surface area contributed by atoms with Crippen molar-refractivity contribution < 1.29 is 26.4 Å². The lowest BCUT2D eigenvalue weighted by Gasteiger charge is -2.17. The molecule has 0 bridgehead atoms. The molecule has 0 saturated carbocycles. The zero-order chi connectivity index (χ0) is 24.4. The fraction of sp³-hybridized carbons (Fsp3) is 0.208. The molecule has 0 spiro atoms. The van der Waals surface area contributed by atoms with Crippen molar-refractivity contribution in [3.63, 3.8) is 0 Å². The van der Waals surface area contributed by atoms with Crippen LogP contribution in [0.3, 0.4) is 0 Å². The van der Waals surface area contributed by atoms with E-state index in [4.69, 9.17) is 5.14 Å². The minimum absolute atomic E-state index is 0.00418. The maximum absolute atomic E-state index is 13.5. The molecular formula is C24H23F3N2O3S. The van der Waals surface area contributed by atoms with E-state index in [0.29, 0.717) is 34.5 Å². The fourth-order valence-corrected chi connectivity index (χ4v) is 4.45.